The molecule has 0 bridgehead atoms. The minimum Gasteiger partial charge on any atom is -0.315 e. The summed E-state index contributed by atoms with van der Waals surface area (Å²) in [6.45, 7) is 6.58. The van der Waals surface area contributed by atoms with E-state index in [2.05, 4.69) is 23.2 Å². The maximum atomic E-state index is 9.81. The van der Waals surface area contributed by atoms with E-state index in [-0.39, 0.29) is 5.54 Å². The van der Waals surface area contributed by atoms with E-state index in [4.69, 9.17) is 0 Å². The predicted octanol–water partition coefficient (Wildman–Crippen LogP) is 2.92. The van der Waals surface area contributed by atoms with Gasteiger partial charge in [-0.2, -0.15) is 5.26 Å². The molecular formula is C16H29N3. The summed E-state index contributed by atoms with van der Waals surface area (Å²) in [6, 6.07) is 2.72. The first-order chi connectivity index (χ1) is 9.30. The fourth-order valence-electron chi connectivity index (χ4n) is 3.86. The molecule has 0 aromatic carbocycles. The lowest BCUT2D eigenvalue weighted by Gasteiger charge is -2.37. The zero-order valence-corrected chi connectivity index (χ0v) is 12.5. The highest BCUT2D eigenvalue weighted by atomic mass is 15.2. The molecule has 2 atom stereocenters. The van der Waals surface area contributed by atoms with Gasteiger partial charge in [0.15, 0.2) is 0 Å². The predicted molar refractivity (Wildman–Crippen MR) is 78.9 cm³/mol. The smallest absolute Gasteiger partial charge is 0.109 e. The fraction of sp³-hybridized carbons (Fsp3) is 0.938. The molecule has 2 unspecified atom stereocenters. The number of nitriles is 1. The quantitative estimate of drug-likeness (QED) is 0.796. The number of rotatable bonds is 3. The number of nitrogens with one attached hydrogen (secondary N) is 1. The van der Waals surface area contributed by atoms with Gasteiger partial charge in [-0.05, 0) is 38.1 Å². The standard InChI is InChI=1S/C16H29N3/c1-2-5-15-6-3-8-16(14-17,9-7-15)19-12-4-10-18-11-13-19/h15,18H,2-13H2,1H3. The van der Waals surface area contributed by atoms with Crippen LogP contribution in [0, 0.1) is 17.2 Å². The number of nitrogens with zero attached hydrogens (tertiary/aromatic N) is 2. The van der Waals surface area contributed by atoms with Crippen LogP contribution in [0.1, 0.15) is 58.3 Å². The molecule has 0 amide bonds. The highest BCUT2D eigenvalue weighted by Gasteiger charge is 2.38. The molecule has 0 spiro atoms. The highest BCUT2D eigenvalue weighted by molar-refractivity contribution is 5.09. The Hall–Kier alpha value is -0.590. The molecule has 1 N–H and O–H groups in total. The highest BCUT2D eigenvalue weighted by Crippen LogP contribution is 2.36. The van der Waals surface area contributed by atoms with Gasteiger partial charge in [0.1, 0.15) is 5.54 Å². The molecule has 3 heteroatoms. The van der Waals surface area contributed by atoms with Gasteiger partial charge < -0.3 is 5.32 Å². The van der Waals surface area contributed by atoms with E-state index in [1.54, 1.807) is 0 Å². The third-order valence-electron chi connectivity index (χ3n) is 5.02. The second-order valence-electron chi connectivity index (χ2n) is 6.32. The molecule has 1 aliphatic heterocycles. The van der Waals surface area contributed by atoms with Crippen molar-refractivity contribution < 1.29 is 0 Å². The van der Waals surface area contributed by atoms with Crippen molar-refractivity contribution in [3.63, 3.8) is 0 Å². The van der Waals surface area contributed by atoms with Gasteiger partial charge in [0.25, 0.3) is 0 Å². The lowest BCUT2D eigenvalue weighted by molar-refractivity contribution is 0.127. The van der Waals surface area contributed by atoms with Crippen molar-refractivity contribution in [1.29, 1.82) is 5.26 Å². The van der Waals surface area contributed by atoms with E-state index >= 15 is 0 Å². The van der Waals surface area contributed by atoms with Crippen molar-refractivity contribution in [2.75, 3.05) is 26.2 Å². The first kappa shape index (κ1) is 14.8. The van der Waals surface area contributed by atoms with Crippen molar-refractivity contribution in [3.05, 3.63) is 0 Å². The summed E-state index contributed by atoms with van der Waals surface area (Å²) >= 11 is 0. The molecule has 19 heavy (non-hydrogen) atoms. The molecule has 0 aromatic rings. The normalized spacial score (nSPS) is 34.2. The molecule has 0 radical (unpaired) electrons. The Bertz CT molecular complexity index is 302. The maximum absolute atomic E-state index is 9.81. The first-order valence-corrected chi connectivity index (χ1v) is 8.18. The van der Waals surface area contributed by atoms with Crippen molar-refractivity contribution in [1.82, 2.24) is 10.2 Å². The molecule has 1 aliphatic carbocycles. The van der Waals surface area contributed by atoms with E-state index in [1.807, 2.05) is 0 Å². The van der Waals surface area contributed by atoms with Crippen LogP contribution < -0.4 is 5.32 Å². The minimum atomic E-state index is -0.158. The lowest BCUT2D eigenvalue weighted by atomic mass is 9.88. The molecule has 3 nitrogen and oxygen atoms in total. The molecule has 108 valence electrons. The van der Waals surface area contributed by atoms with Gasteiger partial charge >= 0.3 is 0 Å². The van der Waals surface area contributed by atoms with Crippen LogP contribution in [0.2, 0.25) is 0 Å². The molecular weight excluding hydrogens is 234 g/mol. The molecule has 2 fully saturated rings. The van der Waals surface area contributed by atoms with E-state index in [0.717, 1.165) is 44.9 Å². The molecule has 2 aliphatic rings. The van der Waals surface area contributed by atoms with E-state index in [1.165, 1.54) is 38.5 Å². The van der Waals surface area contributed by atoms with E-state index < -0.39 is 0 Å². The summed E-state index contributed by atoms with van der Waals surface area (Å²) in [7, 11) is 0. The van der Waals surface area contributed by atoms with Gasteiger partial charge in [-0.25, -0.2) is 0 Å². The summed E-state index contributed by atoms with van der Waals surface area (Å²) in [5.41, 5.74) is -0.158. The van der Waals surface area contributed by atoms with Crippen LogP contribution in [0.15, 0.2) is 0 Å². The van der Waals surface area contributed by atoms with Crippen LogP contribution in [0.25, 0.3) is 0 Å². The van der Waals surface area contributed by atoms with Crippen molar-refractivity contribution in [2.24, 2.45) is 5.92 Å². The first-order valence-electron chi connectivity index (χ1n) is 8.18. The second kappa shape index (κ2) is 7.26. The van der Waals surface area contributed by atoms with Gasteiger partial charge in [0.05, 0.1) is 6.07 Å². The summed E-state index contributed by atoms with van der Waals surface area (Å²) < 4.78 is 0. The lowest BCUT2D eigenvalue weighted by Crippen LogP contribution is -2.49. The SMILES string of the molecule is CCCC1CCCC(C#N)(N2CCCNCC2)CC1. The molecule has 1 heterocycles. The summed E-state index contributed by atoms with van der Waals surface area (Å²) in [5, 5.41) is 13.3. The average molecular weight is 263 g/mol. The fourth-order valence-corrected chi connectivity index (χ4v) is 3.86. The van der Waals surface area contributed by atoms with Crippen molar-refractivity contribution >= 4 is 0 Å². The Morgan fingerprint density at radius 1 is 1.21 bits per heavy atom. The third-order valence-corrected chi connectivity index (χ3v) is 5.02. The zero-order valence-electron chi connectivity index (χ0n) is 12.5. The monoisotopic (exact) mass is 263 g/mol. The van der Waals surface area contributed by atoms with Crippen LogP contribution in [-0.4, -0.2) is 36.6 Å². The van der Waals surface area contributed by atoms with Gasteiger partial charge in [0.2, 0.25) is 0 Å². The van der Waals surface area contributed by atoms with Gasteiger partial charge in [0, 0.05) is 19.6 Å². The summed E-state index contributed by atoms with van der Waals surface area (Å²) in [4.78, 5) is 2.49. The van der Waals surface area contributed by atoms with Gasteiger partial charge in [-0.15, -0.1) is 0 Å². The Balaban J connectivity index is 2.02. The largest absolute Gasteiger partial charge is 0.315 e. The molecule has 1 saturated carbocycles. The molecule has 0 aromatic heterocycles. The molecule has 2 rings (SSSR count). The zero-order chi connectivity index (χ0) is 13.6. The van der Waals surface area contributed by atoms with Crippen LogP contribution >= 0.6 is 0 Å². The minimum absolute atomic E-state index is 0.158. The Morgan fingerprint density at radius 2 is 2.11 bits per heavy atom. The number of hydrogen-bond acceptors (Lipinski definition) is 3. The summed E-state index contributed by atoms with van der Waals surface area (Å²) in [6.07, 6.45) is 9.83. The second-order valence-corrected chi connectivity index (χ2v) is 6.32. The molecule has 1 saturated heterocycles. The number of hydrogen-bond donors (Lipinski definition) is 1. The Morgan fingerprint density at radius 3 is 2.89 bits per heavy atom. The van der Waals surface area contributed by atoms with Crippen LogP contribution in [0.3, 0.4) is 0 Å². The van der Waals surface area contributed by atoms with Gasteiger partial charge in [-0.1, -0.05) is 32.6 Å². The van der Waals surface area contributed by atoms with E-state index in [0.29, 0.717) is 0 Å². The topological polar surface area (TPSA) is 39.1 Å². The van der Waals surface area contributed by atoms with E-state index in [9.17, 15) is 5.26 Å². The van der Waals surface area contributed by atoms with Crippen molar-refractivity contribution in [2.45, 2.75) is 63.8 Å². The van der Waals surface area contributed by atoms with Crippen LogP contribution in [0.4, 0.5) is 0 Å². The Labute approximate surface area is 118 Å². The van der Waals surface area contributed by atoms with Gasteiger partial charge in [-0.3, -0.25) is 4.90 Å². The third kappa shape index (κ3) is 3.70. The van der Waals surface area contributed by atoms with Crippen LogP contribution in [0.5, 0.6) is 0 Å². The maximum Gasteiger partial charge on any atom is 0.109 e. The average Bonchev–Trinajstić information content (AvgIpc) is 2.81. The van der Waals surface area contributed by atoms with Crippen LogP contribution in [-0.2, 0) is 0 Å². The van der Waals surface area contributed by atoms with Crippen molar-refractivity contribution in [3.8, 4) is 6.07 Å². The Kier molecular flexibility index (Phi) is 5.66. The summed E-state index contributed by atoms with van der Waals surface area (Å²) in [5.74, 6) is 0.866.